The van der Waals surface area contributed by atoms with E-state index in [0.717, 1.165) is 17.5 Å². The van der Waals surface area contributed by atoms with E-state index in [0.29, 0.717) is 26.1 Å². The van der Waals surface area contributed by atoms with Crippen LogP contribution in [-0.4, -0.2) is 67.5 Å². The summed E-state index contributed by atoms with van der Waals surface area (Å²) in [5.41, 5.74) is 3.40. The van der Waals surface area contributed by atoms with Gasteiger partial charge in [-0.3, -0.25) is 14.4 Å². The molecule has 1 aromatic heterocycles. The molecular formula is C26H34N2O5S. The van der Waals surface area contributed by atoms with Crippen LogP contribution in [0.2, 0.25) is 0 Å². The number of hydrogen-bond acceptors (Lipinski definition) is 6. The summed E-state index contributed by atoms with van der Waals surface area (Å²) in [4.78, 5) is 43.1. The summed E-state index contributed by atoms with van der Waals surface area (Å²) in [6.45, 7) is 5.55. The van der Waals surface area contributed by atoms with Crippen LogP contribution >= 0.6 is 11.3 Å². The Morgan fingerprint density at radius 2 is 1.94 bits per heavy atom. The molecule has 1 unspecified atom stereocenters. The zero-order chi connectivity index (χ0) is 24.5. The third-order valence-corrected chi connectivity index (χ3v) is 7.07. The van der Waals surface area contributed by atoms with Gasteiger partial charge < -0.3 is 19.3 Å². The van der Waals surface area contributed by atoms with Gasteiger partial charge in [-0.05, 0) is 54.8 Å². The molecule has 1 aromatic carbocycles. The van der Waals surface area contributed by atoms with Gasteiger partial charge in [0.1, 0.15) is 0 Å². The standard InChI is InChI=1S/C26H34N2O5S/c1-4-33-25(31)11-10-23(29)27(14-7-16-32-3)18-24(30)28-15-12-22-21(13-17-34-22)26(28)20-9-6-5-8-19(20)2/h5-6,8-9,13,17,26H,4,7,10-12,14-16,18H2,1-3H3. The zero-order valence-corrected chi connectivity index (χ0v) is 21.1. The summed E-state index contributed by atoms with van der Waals surface area (Å²) in [5, 5.41) is 2.08. The van der Waals surface area contributed by atoms with Crippen LogP contribution in [0.25, 0.3) is 0 Å². The topological polar surface area (TPSA) is 76.1 Å². The first-order chi connectivity index (χ1) is 16.5. The third kappa shape index (κ3) is 6.45. The molecule has 2 amide bonds. The molecule has 0 saturated carbocycles. The number of fused-ring (bicyclic) bond motifs is 1. The van der Waals surface area contributed by atoms with Gasteiger partial charge in [0.05, 0.1) is 25.6 Å². The number of hydrogen-bond donors (Lipinski definition) is 0. The molecule has 1 aliphatic heterocycles. The number of ether oxygens (including phenoxy) is 2. The van der Waals surface area contributed by atoms with Crippen molar-refractivity contribution in [2.24, 2.45) is 0 Å². The molecule has 0 fully saturated rings. The third-order valence-electron chi connectivity index (χ3n) is 6.07. The van der Waals surface area contributed by atoms with Crippen molar-refractivity contribution in [1.82, 2.24) is 9.80 Å². The van der Waals surface area contributed by atoms with E-state index in [-0.39, 0.29) is 43.8 Å². The molecule has 1 atom stereocenters. The Balaban J connectivity index is 1.79. The average molecular weight is 487 g/mol. The molecule has 0 radical (unpaired) electrons. The van der Waals surface area contributed by atoms with Crippen LogP contribution in [0.15, 0.2) is 35.7 Å². The van der Waals surface area contributed by atoms with Crippen LogP contribution in [0, 0.1) is 6.92 Å². The van der Waals surface area contributed by atoms with E-state index in [1.54, 1.807) is 30.3 Å². The van der Waals surface area contributed by atoms with Crippen molar-refractivity contribution in [2.75, 3.05) is 40.0 Å². The molecule has 7 nitrogen and oxygen atoms in total. The molecule has 0 aliphatic carbocycles. The molecule has 3 rings (SSSR count). The molecule has 0 spiro atoms. The van der Waals surface area contributed by atoms with Crippen molar-refractivity contribution in [3.63, 3.8) is 0 Å². The number of carbonyl (C=O) groups excluding carboxylic acids is 3. The zero-order valence-electron chi connectivity index (χ0n) is 20.2. The Bertz CT molecular complexity index is 989. The van der Waals surface area contributed by atoms with E-state index < -0.39 is 5.97 Å². The number of amides is 2. The number of aryl methyl sites for hydroxylation is 1. The molecule has 8 heteroatoms. The van der Waals surface area contributed by atoms with Gasteiger partial charge in [0.15, 0.2) is 0 Å². The van der Waals surface area contributed by atoms with Gasteiger partial charge in [-0.2, -0.15) is 0 Å². The van der Waals surface area contributed by atoms with Crippen LogP contribution in [0.1, 0.15) is 53.8 Å². The summed E-state index contributed by atoms with van der Waals surface area (Å²) in [6.07, 6.45) is 1.46. The molecular weight excluding hydrogens is 452 g/mol. The minimum Gasteiger partial charge on any atom is -0.466 e. The summed E-state index contributed by atoms with van der Waals surface area (Å²) < 4.78 is 10.1. The van der Waals surface area contributed by atoms with Crippen LogP contribution in [0.3, 0.4) is 0 Å². The SMILES string of the molecule is CCOC(=O)CCC(=O)N(CCCOC)CC(=O)N1CCc2sccc2C1c1ccccc1C. The molecule has 34 heavy (non-hydrogen) atoms. The molecule has 2 heterocycles. The van der Waals surface area contributed by atoms with Crippen molar-refractivity contribution in [1.29, 1.82) is 0 Å². The molecule has 0 saturated heterocycles. The lowest BCUT2D eigenvalue weighted by molar-refractivity contribution is -0.146. The predicted molar refractivity (Wildman–Crippen MR) is 132 cm³/mol. The first kappa shape index (κ1) is 25.9. The highest BCUT2D eigenvalue weighted by molar-refractivity contribution is 7.10. The second-order valence-corrected chi connectivity index (χ2v) is 9.36. The van der Waals surface area contributed by atoms with Gasteiger partial charge in [0.2, 0.25) is 11.8 Å². The Hall–Kier alpha value is -2.71. The van der Waals surface area contributed by atoms with Crippen molar-refractivity contribution in [3.8, 4) is 0 Å². The molecule has 184 valence electrons. The minimum atomic E-state index is -0.403. The number of rotatable bonds is 11. The quantitative estimate of drug-likeness (QED) is 0.357. The maximum atomic E-state index is 13.6. The lowest BCUT2D eigenvalue weighted by Gasteiger charge is -2.38. The number of thiophene rings is 1. The second kappa shape index (κ2) is 12.7. The number of esters is 1. The average Bonchev–Trinajstić information content (AvgIpc) is 3.31. The molecule has 1 aliphatic rings. The Kier molecular flexibility index (Phi) is 9.65. The molecule has 0 bridgehead atoms. The first-order valence-electron chi connectivity index (χ1n) is 11.8. The Morgan fingerprint density at radius 1 is 1.15 bits per heavy atom. The van der Waals surface area contributed by atoms with Crippen LogP contribution in [0.5, 0.6) is 0 Å². The minimum absolute atomic E-state index is 0.00938. The fourth-order valence-corrected chi connectivity index (χ4v) is 5.26. The smallest absolute Gasteiger partial charge is 0.306 e. The monoisotopic (exact) mass is 486 g/mol. The first-order valence-corrected chi connectivity index (χ1v) is 12.7. The lowest BCUT2D eigenvalue weighted by atomic mass is 9.90. The Morgan fingerprint density at radius 3 is 2.68 bits per heavy atom. The number of methoxy groups -OCH3 is 1. The van der Waals surface area contributed by atoms with E-state index in [4.69, 9.17) is 9.47 Å². The van der Waals surface area contributed by atoms with Crippen molar-refractivity contribution >= 4 is 29.1 Å². The van der Waals surface area contributed by atoms with E-state index in [2.05, 4.69) is 30.5 Å². The summed E-state index contributed by atoms with van der Waals surface area (Å²) in [7, 11) is 1.61. The van der Waals surface area contributed by atoms with Crippen molar-refractivity contribution in [3.05, 3.63) is 57.3 Å². The number of nitrogens with zero attached hydrogens (tertiary/aromatic N) is 2. The predicted octanol–water partition coefficient (Wildman–Crippen LogP) is 3.74. The summed E-state index contributed by atoms with van der Waals surface area (Å²) in [5.74, 6) is -0.718. The van der Waals surface area contributed by atoms with Crippen molar-refractivity contribution < 1.29 is 23.9 Å². The van der Waals surface area contributed by atoms with Gasteiger partial charge in [-0.15, -0.1) is 11.3 Å². The maximum Gasteiger partial charge on any atom is 0.306 e. The van der Waals surface area contributed by atoms with Gasteiger partial charge >= 0.3 is 5.97 Å². The van der Waals surface area contributed by atoms with Gasteiger partial charge in [0, 0.05) is 38.1 Å². The van der Waals surface area contributed by atoms with Gasteiger partial charge in [-0.25, -0.2) is 0 Å². The normalized spacial score (nSPS) is 15.0. The van der Waals surface area contributed by atoms with Gasteiger partial charge in [-0.1, -0.05) is 24.3 Å². The van der Waals surface area contributed by atoms with E-state index in [1.807, 2.05) is 17.0 Å². The lowest BCUT2D eigenvalue weighted by Crippen LogP contribution is -2.47. The van der Waals surface area contributed by atoms with Crippen molar-refractivity contribution in [2.45, 2.75) is 45.6 Å². The van der Waals surface area contributed by atoms with E-state index in [9.17, 15) is 14.4 Å². The molecule has 0 N–H and O–H groups in total. The fraction of sp³-hybridized carbons (Fsp3) is 0.500. The number of benzene rings is 1. The largest absolute Gasteiger partial charge is 0.466 e. The van der Waals surface area contributed by atoms with E-state index in [1.165, 1.54) is 10.4 Å². The Labute approximate surface area is 205 Å². The van der Waals surface area contributed by atoms with Crippen LogP contribution < -0.4 is 0 Å². The molecule has 2 aromatic rings. The fourth-order valence-electron chi connectivity index (χ4n) is 4.36. The van der Waals surface area contributed by atoms with Gasteiger partial charge in [0.25, 0.3) is 0 Å². The maximum absolute atomic E-state index is 13.6. The van der Waals surface area contributed by atoms with Crippen LogP contribution in [0.4, 0.5) is 0 Å². The highest BCUT2D eigenvalue weighted by Crippen LogP contribution is 2.39. The highest BCUT2D eigenvalue weighted by atomic mass is 32.1. The second-order valence-electron chi connectivity index (χ2n) is 8.36. The number of carbonyl (C=O) groups is 3. The summed E-state index contributed by atoms with van der Waals surface area (Å²) in [6, 6.07) is 10.1. The van der Waals surface area contributed by atoms with E-state index >= 15 is 0 Å². The summed E-state index contributed by atoms with van der Waals surface area (Å²) >= 11 is 1.73. The van der Waals surface area contributed by atoms with Crippen LogP contribution in [-0.2, 0) is 30.3 Å². The highest BCUT2D eigenvalue weighted by Gasteiger charge is 2.34.